The average Bonchev–Trinajstić information content (AvgIpc) is 3.20. The molecular formula is C23H29FN4O3S. The minimum Gasteiger partial charge on any atom is -0.342 e. The summed E-state index contributed by atoms with van der Waals surface area (Å²) in [7, 11) is 0. The molecular weight excluding hydrogens is 431 g/mol. The van der Waals surface area contributed by atoms with E-state index in [1.54, 1.807) is 5.38 Å². The zero-order chi connectivity index (χ0) is 23.1. The Balaban J connectivity index is 1.58. The third-order valence-corrected chi connectivity index (χ3v) is 5.94. The van der Waals surface area contributed by atoms with Gasteiger partial charge in [0.1, 0.15) is 12.4 Å². The standard InChI is InChI=1S/C23H29FN4O3S/c1-16(2)13-28(22(31)17-6-8-18(24)9-7-17)14-20(29)26-23-25-19(15-32-23)12-21(30)27-10-4-3-5-11-27/h6-9,15-16H,3-5,10-14H2,1-2H3,(H,25,26,29). The van der Waals surface area contributed by atoms with Crippen molar-refractivity contribution in [2.24, 2.45) is 5.92 Å². The van der Waals surface area contributed by atoms with E-state index in [2.05, 4.69) is 10.3 Å². The maximum atomic E-state index is 13.2. The van der Waals surface area contributed by atoms with Gasteiger partial charge in [-0.3, -0.25) is 14.4 Å². The number of carbonyl (C=O) groups is 3. The van der Waals surface area contributed by atoms with Crippen molar-refractivity contribution in [3.05, 3.63) is 46.7 Å². The zero-order valence-corrected chi connectivity index (χ0v) is 19.3. The van der Waals surface area contributed by atoms with E-state index in [0.29, 0.717) is 22.9 Å². The average molecular weight is 461 g/mol. The van der Waals surface area contributed by atoms with Crippen molar-refractivity contribution in [2.75, 3.05) is 31.5 Å². The van der Waals surface area contributed by atoms with Crippen molar-refractivity contribution < 1.29 is 18.8 Å². The minimum absolute atomic E-state index is 0.0564. The van der Waals surface area contributed by atoms with Crippen molar-refractivity contribution in [2.45, 2.75) is 39.5 Å². The van der Waals surface area contributed by atoms with Gasteiger partial charge in [-0.15, -0.1) is 11.3 Å². The molecule has 0 spiro atoms. The van der Waals surface area contributed by atoms with Crippen LogP contribution in [0.4, 0.5) is 9.52 Å². The summed E-state index contributed by atoms with van der Waals surface area (Å²) >= 11 is 1.25. The van der Waals surface area contributed by atoms with Crippen LogP contribution in [-0.2, 0) is 16.0 Å². The molecule has 1 aromatic carbocycles. The summed E-state index contributed by atoms with van der Waals surface area (Å²) in [6.45, 7) is 5.73. The predicted molar refractivity (Wildman–Crippen MR) is 122 cm³/mol. The maximum Gasteiger partial charge on any atom is 0.254 e. The number of amides is 3. The number of aromatic nitrogens is 1. The molecule has 0 unspecified atom stereocenters. The zero-order valence-electron chi connectivity index (χ0n) is 18.5. The quantitative estimate of drug-likeness (QED) is 0.653. The van der Waals surface area contributed by atoms with Crippen LogP contribution < -0.4 is 5.32 Å². The molecule has 1 aromatic heterocycles. The van der Waals surface area contributed by atoms with Gasteiger partial charge in [0.2, 0.25) is 11.8 Å². The second kappa shape index (κ2) is 11.2. The fourth-order valence-corrected chi connectivity index (χ4v) is 4.35. The molecule has 3 amide bonds. The van der Waals surface area contributed by atoms with Crippen LogP contribution in [0, 0.1) is 11.7 Å². The summed E-state index contributed by atoms with van der Waals surface area (Å²) in [5.41, 5.74) is 0.954. The first kappa shape index (κ1) is 23.8. The van der Waals surface area contributed by atoms with E-state index in [0.717, 1.165) is 32.4 Å². The summed E-state index contributed by atoms with van der Waals surface area (Å²) in [6, 6.07) is 5.27. The molecule has 1 aliphatic rings. The van der Waals surface area contributed by atoms with Crippen LogP contribution >= 0.6 is 11.3 Å². The molecule has 1 N–H and O–H groups in total. The smallest absolute Gasteiger partial charge is 0.254 e. The van der Waals surface area contributed by atoms with Crippen molar-refractivity contribution >= 4 is 34.2 Å². The molecule has 0 aliphatic carbocycles. The van der Waals surface area contributed by atoms with Crippen LogP contribution in [0.2, 0.25) is 0 Å². The van der Waals surface area contributed by atoms with Crippen molar-refractivity contribution in [3.63, 3.8) is 0 Å². The van der Waals surface area contributed by atoms with E-state index >= 15 is 0 Å². The lowest BCUT2D eigenvalue weighted by molar-refractivity contribution is -0.131. The molecule has 3 rings (SSSR count). The predicted octanol–water partition coefficient (Wildman–Crippen LogP) is 3.57. The number of benzene rings is 1. The Kier molecular flexibility index (Phi) is 8.33. The van der Waals surface area contributed by atoms with Gasteiger partial charge in [0.15, 0.2) is 5.13 Å². The van der Waals surface area contributed by atoms with E-state index in [-0.39, 0.29) is 36.6 Å². The molecule has 0 bridgehead atoms. The number of rotatable bonds is 8. The van der Waals surface area contributed by atoms with Gasteiger partial charge in [-0.05, 0) is 49.4 Å². The molecule has 0 atom stereocenters. The number of nitrogens with zero attached hydrogens (tertiary/aromatic N) is 3. The van der Waals surface area contributed by atoms with E-state index in [1.165, 1.54) is 40.5 Å². The summed E-state index contributed by atoms with van der Waals surface area (Å²) in [5, 5.41) is 4.89. The highest BCUT2D eigenvalue weighted by Crippen LogP contribution is 2.18. The number of thiazole rings is 1. The highest BCUT2D eigenvalue weighted by Gasteiger charge is 2.21. The summed E-state index contributed by atoms with van der Waals surface area (Å²) in [4.78, 5) is 45.5. The molecule has 7 nitrogen and oxygen atoms in total. The van der Waals surface area contributed by atoms with Crippen LogP contribution in [0.1, 0.15) is 49.2 Å². The molecule has 32 heavy (non-hydrogen) atoms. The Morgan fingerprint density at radius 2 is 1.84 bits per heavy atom. The third kappa shape index (κ3) is 6.85. The van der Waals surface area contributed by atoms with Crippen molar-refractivity contribution in [3.8, 4) is 0 Å². The Hall–Kier alpha value is -2.81. The summed E-state index contributed by atoms with van der Waals surface area (Å²) < 4.78 is 13.2. The molecule has 0 saturated carbocycles. The molecule has 172 valence electrons. The molecule has 0 radical (unpaired) electrons. The highest BCUT2D eigenvalue weighted by atomic mass is 32.1. The van der Waals surface area contributed by atoms with Gasteiger partial charge in [0, 0.05) is 30.6 Å². The lowest BCUT2D eigenvalue weighted by Gasteiger charge is -2.26. The maximum absolute atomic E-state index is 13.2. The van der Waals surface area contributed by atoms with E-state index in [9.17, 15) is 18.8 Å². The van der Waals surface area contributed by atoms with E-state index in [1.807, 2.05) is 18.7 Å². The van der Waals surface area contributed by atoms with Crippen molar-refractivity contribution in [1.82, 2.24) is 14.8 Å². The number of anilines is 1. The number of halogens is 1. The second-order valence-electron chi connectivity index (χ2n) is 8.40. The third-order valence-electron chi connectivity index (χ3n) is 5.14. The molecule has 2 heterocycles. The first-order valence-corrected chi connectivity index (χ1v) is 11.8. The summed E-state index contributed by atoms with van der Waals surface area (Å²) in [5.74, 6) is -0.918. The first-order valence-electron chi connectivity index (χ1n) is 10.9. The number of hydrogen-bond acceptors (Lipinski definition) is 5. The van der Waals surface area contributed by atoms with Crippen LogP contribution in [-0.4, -0.2) is 58.7 Å². The number of hydrogen-bond donors (Lipinski definition) is 1. The molecule has 1 aliphatic heterocycles. The Bertz CT molecular complexity index is 939. The monoisotopic (exact) mass is 460 g/mol. The normalized spacial score (nSPS) is 13.8. The Morgan fingerprint density at radius 1 is 1.16 bits per heavy atom. The lowest BCUT2D eigenvalue weighted by atomic mass is 10.1. The van der Waals surface area contributed by atoms with Gasteiger partial charge in [0.25, 0.3) is 5.91 Å². The molecule has 2 aromatic rings. The van der Waals surface area contributed by atoms with E-state index < -0.39 is 5.82 Å². The van der Waals surface area contributed by atoms with Crippen LogP contribution in [0.3, 0.4) is 0 Å². The van der Waals surface area contributed by atoms with Crippen LogP contribution in [0.15, 0.2) is 29.6 Å². The Labute approximate surface area is 191 Å². The number of carbonyl (C=O) groups excluding carboxylic acids is 3. The summed E-state index contributed by atoms with van der Waals surface area (Å²) in [6.07, 6.45) is 3.45. The lowest BCUT2D eigenvalue weighted by Crippen LogP contribution is -2.40. The number of nitrogens with one attached hydrogen (secondary N) is 1. The van der Waals surface area contributed by atoms with Gasteiger partial charge < -0.3 is 15.1 Å². The second-order valence-corrected chi connectivity index (χ2v) is 9.25. The molecule has 1 fully saturated rings. The number of piperidine rings is 1. The molecule has 9 heteroatoms. The molecule has 1 saturated heterocycles. The van der Waals surface area contributed by atoms with E-state index in [4.69, 9.17) is 0 Å². The Morgan fingerprint density at radius 3 is 2.50 bits per heavy atom. The first-order chi connectivity index (χ1) is 15.3. The fourth-order valence-electron chi connectivity index (χ4n) is 3.62. The van der Waals surface area contributed by atoms with Crippen LogP contribution in [0.5, 0.6) is 0 Å². The van der Waals surface area contributed by atoms with Crippen LogP contribution in [0.25, 0.3) is 0 Å². The number of likely N-dealkylation sites (tertiary alicyclic amines) is 1. The van der Waals surface area contributed by atoms with Gasteiger partial charge in [-0.25, -0.2) is 9.37 Å². The van der Waals surface area contributed by atoms with Gasteiger partial charge >= 0.3 is 0 Å². The van der Waals surface area contributed by atoms with Gasteiger partial charge in [-0.2, -0.15) is 0 Å². The van der Waals surface area contributed by atoms with Gasteiger partial charge in [-0.1, -0.05) is 13.8 Å². The highest BCUT2D eigenvalue weighted by molar-refractivity contribution is 7.13. The SMILES string of the molecule is CC(C)CN(CC(=O)Nc1nc(CC(=O)N2CCCCC2)cs1)C(=O)c1ccc(F)cc1. The topological polar surface area (TPSA) is 82.6 Å². The van der Waals surface area contributed by atoms with Gasteiger partial charge in [0.05, 0.1) is 12.1 Å². The fraction of sp³-hybridized carbons (Fsp3) is 0.478. The minimum atomic E-state index is -0.423. The largest absolute Gasteiger partial charge is 0.342 e. The van der Waals surface area contributed by atoms with Crippen molar-refractivity contribution in [1.29, 1.82) is 0 Å².